The lowest BCUT2D eigenvalue weighted by Gasteiger charge is -2.13. The van der Waals surface area contributed by atoms with Crippen LogP contribution in [-0.2, 0) is 19.1 Å². The molecule has 2 rings (SSSR count). The van der Waals surface area contributed by atoms with Gasteiger partial charge in [0.05, 0.1) is 0 Å². The third-order valence-electron chi connectivity index (χ3n) is 3.75. The van der Waals surface area contributed by atoms with Gasteiger partial charge < -0.3 is 21.1 Å². The van der Waals surface area contributed by atoms with Crippen LogP contribution in [-0.4, -0.2) is 36.3 Å². The van der Waals surface area contributed by atoms with Crippen LogP contribution in [0.5, 0.6) is 0 Å². The van der Waals surface area contributed by atoms with Gasteiger partial charge in [0, 0.05) is 17.3 Å². The minimum Gasteiger partial charge on any atom is -0.451 e. The molecule has 2 aromatic rings. The van der Waals surface area contributed by atoms with Crippen molar-refractivity contribution in [2.45, 2.75) is 13.0 Å². The number of nitrogens with one attached hydrogen (secondary N) is 2. The maximum Gasteiger partial charge on any atom is 0.326 e. The number of hydrogen-bond acceptors (Lipinski definition) is 5. The average molecular weight is 395 g/mol. The Hall–Kier alpha value is -3.94. The molecule has 150 valence electrons. The van der Waals surface area contributed by atoms with Crippen LogP contribution in [0.3, 0.4) is 0 Å². The molecule has 0 unspecified atom stereocenters. The average Bonchev–Trinajstić information content (AvgIpc) is 2.71. The highest BCUT2D eigenvalue weighted by molar-refractivity contribution is 5.97. The van der Waals surface area contributed by atoms with Gasteiger partial charge in [0.15, 0.2) is 6.10 Å². The second-order valence-electron chi connectivity index (χ2n) is 6.02. The van der Waals surface area contributed by atoms with E-state index in [9.17, 15) is 19.2 Å². The second kappa shape index (κ2) is 10.4. The fraction of sp³-hybridized carbons (Fsp3) is 0.143. The zero-order valence-corrected chi connectivity index (χ0v) is 15.8. The van der Waals surface area contributed by atoms with Crippen LogP contribution >= 0.6 is 0 Å². The molecule has 0 saturated heterocycles. The summed E-state index contributed by atoms with van der Waals surface area (Å²) < 4.78 is 5.00. The van der Waals surface area contributed by atoms with E-state index in [4.69, 9.17) is 10.5 Å². The number of benzene rings is 2. The van der Waals surface area contributed by atoms with Gasteiger partial charge in [-0.1, -0.05) is 30.3 Å². The number of anilines is 1. The summed E-state index contributed by atoms with van der Waals surface area (Å²) in [4.78, 5) is 46.7. The molecule has 0 saturated carbocycles. The zero-order chi connectivity index (χ0) is 21.2. The highest BCUT2D eigenvalue weighted by Gasteiger charge is 2.18. The van der Waals surface area contributed by atoms with Crippen LogP contribution < -0.4 is 16.4 Å². The minimum atomic E-state index is -1.07. The summed E-state index contributed by atoms with van der Waals surface area (Å²) >= 11 is 0. The van der Waals surface area contributed by atoms with E-state index >= 15 is 0 Å². The van der Waals surface area contributed by atoms with E-state index in [2.05, 4.69) is 10.6 Å². The van der Waals surface area contributed by atoms with Crippen molar-refractivity contribution in [2.24, 2.45) is 5.73 Å². The molecule has 0 aliphatic heterocycles. The van der Waals surface area contributed by atoms with Gasteiger partial charge in [0.25, 0.3) is 5.91 Å². The first-order valence-corrected chi connectivity index (χ1v) is 8.76. The Morgan fingerprint density at radius 3 is 2.31 bits per heavy atom. The Morgan fingerprint density at radius 2 is 1.69 bits per heavy atom. The first-order valence-electron chi connectivity index (χ1n) is 8.76. The number of hydrogen-bond donors (Lipinski definition) is 3. The Bertz CT molecular complexity index is 908. The van der Waals surface area contributed by atoms with E-state index in [0.717, 1.165) is 5.56 Å². The van der Waals surface area contributed by atoms with Crippen LogP contribution in [0.1, 0.15) is 22.8 Å². The second-order valence-corrected chi connectivity index (χ2v) is 6.02. The molecule has 0 heterocycles. The molecule has 0 fully saturated rings. The first-order chi connectivity index (χ1) is 13.8. The number of primary amides is 1. The summed E-state index contributed by atoms with van der Waals surface area (Å²) in [7, 11) is 0. The monoisotopic (exact) mass is 395 g/mol. The van der Waals surface area contributed by atoms with Gasteiger partial charge in [0.1, 0.15) is 6.54 Å². The number of esters is 1. The van der Waals surface area contributed by atoms with Gasteiger partial charge in [-0.05, 0) is 42.8 Å². The molecule has 8 heteroatoms. The summed E-state index contributed by atoms with van der Waals surface area (Å²) in [5.74, 6) is -2.35. The molecular formula is C21H21N3O5. The summed E-state index contributed by atoms with van der Waals surface area (Å²) in [5, 5.41) is 4.94. The number of rotatable bonds is 8. The van der Waals surface area contributed by atoms with Crippen molar-refractivity contribution in [1.82, 2.24) is 5.32 Å². The maximum atomic E-state index is 12.1. The molecule has 4 N–H and O–H groups in total. The van der Waals surface area contributed by atoms with Gasteiger partial charge in [0.2, 0.25) is 11.8 Å². The maximum absolute atomic E-state index is 12.1. The lowest BCUT2D eigenvalue weighted by molar-refractivity contribution is -0.152. The summed E-state index contributed by atoms with van der Waals surface area (Å²) in [5.41, 5.74) is 6.72. The number of carbonyl (C=O) groups excluding carboxylic acids is 4. The van der Waals surface area contributed by atoms with Gasteiger partial charge in [-0.15, -0.1) is 0 Å². The fourth-order valence-electron chi connectivity index (χ4n) is 2.21. The highest BCUT2D eigenvalue weighted by Crippen LogP contribution is 2.10. The van der Waals surface area contributed by atoms with Crippen molar-refractivity contribution in [3.63, 3.8) is 0 Å². The summed E-state index contributed by atoms with van der Waals surface area (Å²) in [6.45, 7) is 1.03. The van der Waals surface area contributed by atoms with Crippen LogP contribution in [0.4, 0.5) is 5.69 Å². The SMILES string of the molecule is C[C@H](OC(=O)CNC(=O)/C=C/c1ccccc1)C(=O)Nc1ccc(C(N)=O)cc1. The van der Waals surface area contributed by atoms with Crippen molar-refractivity contribution in [2.75, 3.05) is 11.9 Å². The van der Waals surface area contributed by atoms with Crippen molar-refractivity contribution in [3.05, 3.63) is 71.8 Å². The van der Waals surface area contributed by atoms with Crippen LogP contribution in [0.15, 0.2) is 60.7 Å². The molecule has 0 bridgehead atoms. The standard InChI is InChI=1S/C21H21N3O5/c1-14(21(28)24-17-10-8-16(9-11-17)20(22)27)29-19(26)13-23-18(25)12-7-15-5-3-2-4-6-15/h2-12,14H,13H2,1H3,(H2,22,27)(H,23,25)(H,24,28)/b12-7+/t14-/m0/s1. The van der Waals surface area contributed by atoms with Crippen LogP contribution in [0.25, 0.3) is 6.08 Å². The predicted molar refractivity (Wildman–Crippen MR) is 108 cm³/mol. The third-order valence-corrected chi connectivity index (χ3v) is 3.75. The van der Waals surface area contributed by atoms with E-state index in [-0.39, 0.29) is 6.54 Å². The van der Waals surface area contributed by atoms with E-state index in [1.807, 2.05) is 30.3 Å². The molecule has 8 nitrogen and oxygen atoms in total. The lowest BCUT2D eigenvalue weighted by atomic mass is 10.2. The van der Waals surface area contributed by atoms with E-state index in [0.29, 0.717) is 11.3 Å². The summed E-state index contributed by atoms with van der Waals surface area (Å²) in [6, 6.07) is 15.2. The quantitative estimate of drug-likeness (QED) is 0.461. The highest BCUT2D eigenvalue weighted by atomic mass is 16.5. The normalized spacial score (nSPS) is 11.5. The van der Waals surface area contributed by atoms with E-state index in [1.54, 1.807) is 6.08 Å². The Kier molecular flexibility index (Phi) is 7.67. The zero-order valence-electron chi connectivity index (χ0n) is 15.8. The number of carbonyl (C=O) groups is 4. The van der Waals surface area contributed by atoms with Crippen molar-refractivity contribution in [1.29, 1.82) is 0 Å². The number of amides is 3. The molecule has 0 spiro atoms. The van der Waals surface area contributed by atoms with Crippen molar-refractivity contribution < 1.29 is 23.9 Å². The molecule has 0 radical (unpaired) electrons. The van der Waals surface area contributed by atoms with Gasteiger partial charge >= 0.3 is 5.97 Å². The predicted octanol–water partition coefficient (Wildman–Crippen LogP) is 1.49. The van der Waals surface area contributed by atoms with Crippen LogP contribution in [0, 0.1) is 0 Å². The molecular weight excluding hydrogens is 374 g/mol. The fourth-order valence-corrected chi connectivity index (χ4v) is 2.21. The summed E-state index contributed by atoms with van der Waals surface area (Å²) in [6.07, 6.45) is 1.84. The Labute approximate surface area is 167 Å². The Balaban J connectivity index is 1.76. The topological polar surface area (TPSA) is 128 Å². The molecule has 3 amide bonds. The molecule has 0 aliphatic rings. The van der Waals surface area contributed by atoms with Crippen molar-refractivity contribution >= 4 is 35.5 Å². The third kappa shape index (κ3) is 7.30. The van der Waals surface area contributed by atoms with Crippen LogP contribution in [0.2, 0.25) is 0 Å². The van der Waals surface area contributed by atoms with Gasteiger partial charge in [-0.3, -0.25) is 19.2 Å². The number of nitrogens with two attached hydrogens (primary N) is 1. The molecule has 2 aromatic carbocycles. The molecule has 0 aliphatic carbocycles. The van der Waals surface area contributed by atoms with E-state index < -0.39 is 29.8 Å². The van der Waals surface area contributed by atoms with Crippen molar-refractivity contribution in [3.8, 4) is 0 Å². The Morgan fingerprint density at radius 1 is 1.03 bits per heavy atom. The molecule has 1 atom stereocenters. The van der Waals surface area contributed by atoms with Gasteiger partial charge in [-0.25, -0.2) is 0 Å². The van der Waals surface area contributed by atoms with Gasteiger partial charge in [-0.2, -0.15) is 0 Å². The molecule has 29 heavy (non-hydrogen) atoms. The minimum absolute atomic E-state index is 0.305. The van der Waals surface area contributed by atoms with E-state index in [1.165, 1.54) is 37.3 Å². The number of ether oxygens (including phenoxy) is 1. The molecule has 0 aromatic heterocycles. The first kappa shape index (κ1) is 21.4. The smallest absolute Gasteiger partial charge is 0.326 e. The largest absolute Gasteiger partial charge is 0.451 e. The lowest BCUT2D eigenvalue weighted by Crippen LogP contribution is -2.35.